The molecule has 0 unspecified atom stereocenters. The molecule has 0 heterocycles. The van der Waals surface area contributed by atoms with Gasteiger partial charge in [0, 0.05) is 0 Å². The van der Waals surface area contributed by atoms with E-state index in [9.17, 15) is 9.18 Å². The van der Waals surface area contributed by atoms with Crippen molar-refractivity contribution in [2.24, 2.45) is 0 Å². The molecule has 134 valence electrons. The second-order valence-corrected chi connectivity index (χ2v) is 6.07. The largest absolute Gasteiger partial charge is 0.487 e. The first-order chi connectivity index (χ1) is 12.3. The van der Waals surface area contributed by atoms with Gasteiger partial charge in [-0.2, -0.15) is 5.26 Å². The summed E-state index contributed by atoms with van der Waals surface area (Å²) in [6.45, 7) is 3.97. The van der Waals surface area contributed by atoms with Crippen molar-refractivity contribution in [1.82, 2.24) is 0 Å². The number of hydrogen-bond acceptors (Lipinski definition) is 4. The van der Waals surface area contributed by atoms with Crippen molar-refractivity contribution in [3.05, 3.63) is 69.0 Å². The van der Waals surface area contributed by atoms with Gasteiger partial charge in [0.25, 0.3) is 0 Å². The number of rotatable bonds is 5. The van der Waals surface area contributed by atoms with Gasteiger partial charge in [-0.05, 0) is 54.8 Å². The summed E-state index contributed by atoms with van der Waals surface area (Å²) in [6, 6.07) is 9.57. The van der Waals surface area contributed by atoms with Crippen molar-refractivity contribution >= 4 is 23.6 Å². The van der Waals surface area contributed by atoms with Crippen LogP contribution in [0.15, 0.2) is 35.9 Å². The molecule has 0 fully saturated rings. The van der Waals surface area contributed by atoms with Crippen LogP contribution in [0.3, 0.4) is 0 Å². The van der Waals surface area contributed by atoms with Gasteiger partial charge in [-0.25, -0.2) is 9.18 Å². The number of nitrogens with zero attached hydrogens (tertiary/aromatic N) is 1. The molecule has 26 heavy (non-hydrogen) atoms. The van der Waals surface area contributed by atoms with Crippen molar-refractivity contribution in [1.29, 1.82) is 5.26 Å². The predicted octanol–water partition coefficient (Wildman–Crippen LogP) is 4.75. The van der Waals surface area contributed by atoms with E-state index < -0.39 is 11.8 Å². The average molecular weight is 374 g/mol. The number of esters is 1. The van der Waals surface area contributed by atoms with Crippen molar-refractivity contribution in [3.8, 4) is 11.8 Å². The molecule has 0 atom stereocenters. The van der Waals surface area contributed by atoms with Gasteiger partial charge in [0.15, 0.2) is 0 Å². The number of ether oxygens (including phenoxy) is 2. The summed E-state index contributed by atoms with van der Waals surface area (Å²) in [5, 5.41) is 9.32. The van der Waals surface area contributed by atoms with Crippen LogP contribution in [0.5, 0.6) is 5.75 Å². The molecular weight excluding hydrogens is 357 g/mol. The first kappa shape index (κ1) is 19.5. The van der Waals surface area contributed by atoms with Crippen molar-refractivity contribution in [2.45, 2.75) is 20.5 Å². The molecule has 0 radical (unpaired) electrons. The lowest BCUT2D eigenvalue weighted by Crippen LogP contribution is -2.04. The minimum Gasteiger partial charge on any atom is -0.487 e. The van der Waals surface area contributed by atoms with E-state index in [2.05, 4.69) is 4.74 Å². The van der Waals surface area contributed by atoms with Crippen LogP contribution in [0.1, 0.15) is 22.3 Å². The van der Waals surface area contributed by atoms with Crippen LogP contribution in [0, 0.1) is 31.0 Å². The molecule has 4 nitrogen and oxygen atoms in total. The number of methoxy groups -OCH3 is 1. The second kappa shape index (κ2) is 8.50. The molecule has 0 aliphatic carbocycles. The zero-order valence-electron chi connectivity index (χ0n) is 14.6. The molecule has 0 bridgehead atoms. The number of benzene rings is 2. The number of carbonyl (C=O) groups is 1. The standard InChI is InChI=1S/C20H17ClFNO3/c1-12-6-14(8-15(10-23)20(24)25-3)13(2)16(7-12)11-26-19-5-4-17(22)9-18(19)21/h4-9H,11H2,1-3H3. The summed E-state index contributed by atoms with van der Waals surface area (Å²) in [4.78, 5) is 11.6. The van der Waals surface area contributed by atoms with E-state index in [1.807, 2.05) is 32.0 Å². The highest BCUT2D eigenvalue weighted by Crippen LogP contribution is 2.27. The molecule has 2 aromatic rings. The zero-order valence-corrected chi connectivity index (χ0v) is 15.4. The molecule has 6 heteroatoms. The van der Waals surface area contributed by atoms with Gasteiger partial charge in [-0.15, -0.1) is 0 Å². The van der Waals surface area contributed by atoms with Gasteiger partial charge in [-0.3, -0.25) is 0 Å². The summed E-state index contributed by atoms with van der Waals surface area (Å²) in [7, 11) is 1.22. The molecule has 0 N–H and O–H groups in total. The van der Waals surface area contributed by atoms with Gasteiger partial charge in [-0.1, -0.05) is 29.3 Å². The van der Waals surface area contributed by atoms with Gasteiger partial charge >= 0.3 is 5.97 Å². The number of aryl methyl sites for hydroxylation is 1. The number of halogens is 2. The fraction of sp³-hybridized carbons (Fsp3) is 0.200. The van der Waals surface area contributed by atoms with Crippen LogP contribution in [0.2, 0.25) is 5.02 Å². The zero-order chi connectivity index (χ0) is 19.3. The van der Waals surface area contributed by atoms with Crippen molar-refractivity contribution < 1.29 is 18.7 Å². The lowest BCUT2D eigenvalue weighted by Gasteiger charge is -2.13. The first-order valence-corrected chi connectivity index (χ1v) is 8.11. The van der Waals surface area contributed by atoms with Crippen molar-refractivity contribution in [2.75, 3.05) is 7.11 Å². The Morgan fingerprint density at radius 3 is 2.65 bits per heavy atom. The molecule has 0 saturated heterocycles. The monoisotopic (exact) mass is 373 g/mol. The van der Waals surface area contributed by atoms with E-state index in [0.29, 0.717) is 5.75 Å². The molecular formula is C20H17ClFNO3. The molecule has 0 aromatic heterocycles. The third kappa shape index (κ3) is 4.62. The Balaban J connectivity index is 2.33. The minimum absolute atomic E-state index is 0.0883. The van der Waals surface area contributed by atoms with E-state index in [4.69, 9.17) is 21.6 Å². The summed E-state index contributed by atoms with van der Waals surface area (Å²) < 4.78 is 23.4. The van der Waals surface area contributed by atoms with E-state index in [-0.39, 0.29) is 17.2 Å². The summed E-state index contributed by atoms with van der Waals surface area (Å²) >= 11 is 5.97. The number of carbonyl (C=O) groups excluding carboxylic acids is 1. The third-order valence-corrected chi connectivity index (χ3v) is 4.10. The Hall–Kier alpha value is -2.84. The highest BCUT2D eigenvalue weighted by Gasteiger charge is 2.12. The molecule has 2 rings (SSSR count). The Morgan fingerprint density at radius 1 is 1.31 bits per heavy atom. The van der Waals surface area contributed by atoms with Crippen LogP contribution in [0.25, 0.3) is 6.08 Å². The highest BCUT2D eigenvalue weighted by atomic mass is 35.5. The van der Waals surface area contributed by atoms with Crippen molar-refractivity contribution in [3.63, 3.8) is 0 Å². The van der Waals surface area contributed by atoms with Crippen LogP contribution in [-0.4, -0.2) is 13.1 Å². The summed E-state index contributed by atoms with van der Waals surface area (Å²) in [5.74, 6) is -0.754. The first-order valence-electron chi connectivity index (χ1n) is 7.73. The van der Waals surface area contributed by atoms with Crippen LogP contribution < -0.4 is 4.74 Å². The number of hydrogen-bond donors (Lipinski definition) is 0. The molecule has 0 aliphatic rings. The molecule has 0 amide bonds. The molecule has 0 spiro atoms. The van der Waals surface area contributed by atoms with E-state index in [1.165, 1.54) is 31.4 Å². The topological polar surface area (TPSA) is 59.3 Å². The molecule has 0 aliphatic heterocycles. The summed E-state index contributed by atoms with van der Waals surface area (Å²) in [6.07, 6.45) is 1.49. The van der Waals surface area contributed by atoms with E-state index in [0.717, 1.165) is 22.3 Å². The fourth-order valence-corrected chi connectivity index (χ4v) is 2.64. The Morgan fingerprint density at radius 2 is 2.04 bits per heavy atom. The second-order valence-electron chi connectivity index (χ2n) is 5.66. The van der Waals surface area contributed by atoms with E-state index in [1.54, 1.807) is 0 Å². The maximum Gasteiger partial charge on any atom is 0.348 e. The average Bonchev–Trinajstić information content (AvgIpc) is 2.61. The lowest BCUT2D eigenvalue weighted by atomic mass is 9.98. The van der Waals surface area contributed by atoms with Gasteiger partial charge in [0.05, 0.1) is 12.1 Å². The van der Waals surface area contributed by atoms with Crippen LogP contribution >= 0.6 is 11.6 Å². The Labute approximate surface area is 156 Å². The van der Waals surface area contributed by atoms with Crippen LogP contribution in [-0.2, 0) is 16.1 Å². The predicted molar refractivity (Wildman–Crippen MR) is 97.3 cm³/mol. The maximum atomic E-state index is 13.1. The minimum atomic E-state index is -0.690. The molecule has 2 aromatic carbocycles. The normalized spacial score (nSPS) is 11.0. The Kier molecular flexibility index (Phi) is 6.37. The van der Waals surface area contributed by atoms with Gasteiger partial charge < -0.3 is 9.47 Å². The van der Waals surface area contributed by atoms with Gasteiger partial charge in [0.1, 0.15) is 29.8 Å². The smallest absolute Gasteiger partial charge is 0.348 e. The quantitative estimate of drug-likeness (QED) is 0.431. The summed E-state index contributed by atoms with van der Waals surface area (Å²) in [5.41, 5.74) is 3.28. The SMILES string of the molecule is COC(=O)C(C#N)=Cc1cc(C)cc(COc2ccc(F)cc2Cl)c1C. The van der Waals surface area contributed by atoms with Crippen LogP contribution in [0.4, 0.5) is 4.39 Å². The molecule has 0 saturated carbocycles. The highest BCUT2D eigenvalue weighted by molar-refractivity contribution is 6.32. The third-order valence-electron chi connectivity index (χ3n) is 3.80. The maximum absolute atomic E-state index is 13.1. The van der Waals surface area contributed by atoms with E-state index >= 15 is 0 Å². The lowest BCUT2D eigenvalue weighted by molar-refractivity contribution is -0.135. The van der Waals surface area contributed by atoms with Gasteiger partial charge in [0.2, 0.25) is 0 Å². The number of nitriles is 1. The Bertz CT molecular complexity index is 916. The fourth-order valence-electron chi connectivity index (χ4n) is 2.41.